The summed E-state index contributed by atoms with van der Waals surface area (Å²) in [5.41, 5.74) is 0. The van der Waals surface area contributed by atoms with Crippen LogP contribution in [0.2, 0.25) is 0 Å². The molecular formula is C3H3NNa3S. The van der Waals surface area contributed by atoms with Gasteiger partial charge in [-0.2, -0.15) is 0 Å². The molecule has 29 valence electrons. The molecule has 0 spiro atoms. The number of nitrogens with zero attached hydrogens (tertiary/aromatic N) is 1. The molecule has 0 aliphatic rings. The smallest absolute Gasteiger partial charge is 0.0406 e. The van der Waals surface area contributed by atoms with Gasteiger partial charge in [0.15, 0.2) is 0 Å². The van der Waals surface area contributed by atoms with Crippen LogP contribution in [0.1, 0.15) is 0 Å². The van der Waals surface area contributed by atoms with Crippen molar-refractivity contribution in [1.82, 2.24) is 4.37 Å². The maximum atomic E-state index is 3.76. The van der Waals surface area contributed by atoms with Crippen molar-refractivity contribution in [2.24, 2.45) is 0 Å². The fraction of sp³-hybridized carbons (Fsp3) is 0. The second kappa shape index (κ2) is 12.3. The van der Waals surface area contributed by atoms with E-state index in [4.69, 9.17) is 0 Å². The maximum Gasteiger partial charge on any atom is 0.0406 e. The third-order valence-corrected chi connectivity index (χ3v) is 0.869. The van der Waals surface area contributed by atoms with Gasteiger partial charge in [-0.15, -0.1) is 0 Å². The minimum Gasteiger partial charge on any atom is -0.201 e. The molecular weight excluding hydrogens is 151 g/mol. The first kappa shape index (κ1) is 16.9. The molecule has 0 fully saturated rings. The predicted octanol–water partition coefficient (Wildman–Crippen LogP) is 0.000700. The van der Waals surface area contributed by atoms with Crippen molar-refractivity contribution in [3.8, 4) is 0 Å². The van der Waals surface area contributed by atoms with E-state index in [0.717, 1.165) is 0 Å². The molecule has 0 N–H and O–H groups in total. The van der Waals surface area contributed by atoms with Gasteiger partial charge in [0.05, 0.1) is 0 Å². The summed E-state index contributed by atoms with van der Waals surface area (Å²) in [5.74, 6) is 0. The Morgan fingerprint density at radius 2 is 1.75 bits per heavy atom. The Hall–Kier alpha value is 2.63. The summed E-state index contributed by atoms with van der Waals surface area (Å²) < 4.78 is 3.76. The molecule has 5 heteroatoms. The molecule has 0 aromatic carbocycles. The van der Waals surface area contributed by atoms with E-state index in [9.17, 15) is 0 Å². The van der Waals surface area contributed by atoms with Crippen molar-refractivity contribution in [2.75, 3.05) is 0 Å². The third-order valence-electron chi connectivity index (χ3n) is 0.347. The molecule has 0 saturated heterocycles. The van der Waals surface area contributed by atoms with Gasteiger partial charge in [0.25, 0.3) is 0 Å². The summed E-state index contributed by atoms with van der Waals surface area (Å²) >= 11 is 1.46. The molecule has 1 aromatic heterocycles. The first-order valence-electron chi connectivity index (χ1n) is 1.34. The summed E-state index contributed by atoms with van der Waals surface area (Å²) in [4.78, 5) is 0. The average Bonchev–Trinajstić information content (AvgIpc) is 1.76. The SMILES string of the molecule is [Na].[Na].[Na].c1cnsc1. The average molecular weight is 154 g/mol. The first-order valence-corrected chi connectivity index (χ1v) is 2.18. The van der Waals surface area contributed by atoms with E-state index in [1.807, 2.05) is 11.4 Å². The molecule has 1 rings (SSSR count). The molecule has 0 atom stereocenters. The van der Waals surface area contributed by atoms with Gasteiger partial charge in [-0.1, -0.05) is 0 Å². The van der Waals surface area contributed by atoms with Crippen LogP contribution in [0.3, 0.4) is 0 Å². The van der Waals surface area contributed by atoms with Crippen LogP contribution in [-0.4, -0.2) is 93.0 Å². The van der Waals surface area contributed by atoms with Crippen molar-refractivity contribution >= 4 is 100 Å². The Kier molecular flexibility index (Phi) is 26.1. The van der Waals surface area contributed by atoms with E-state index in [1.54, 1.807) is 6.20 Å². The van der Waals surface area contributed by atoms with Crippen LogP contribution in [0, 0.1) is 0 Å². The molecule has 1 aromatic rings. The molecule has 0 saturated carbocycles. The Labute approximate surface area is 120 Å². The van der Waals surface area contributed by atoms with Gasteiger partial charge < -0.3 is 0 Å². The van der Waals surface area contributed by atoms with Crippen LogP contribution >= 0.6 is 11.5 Å². The zero-order valence-corrected chi connectivity index (χ0v) is 12.4. The topological polar surface area (TPSA) is 12.9 Å². The Morgan fingerprint density at radius 3 is 1.88 bits per heavy atom. The first-order chi connectivity index (χ1) is 2.50. The van der Waals surface area contributed by atoms with Crippen LogP contribution in [0.25, 0.3) is 0 Å². The number of rotatable bonds is 0. The molecule has 1 nitrogen and oxygen atoms in total. The zero-order valence-electron chi connectivity index (χ0n) is 5.59. The molecule has 0 bridgehead atoms. The van der Waals surface area contributed by atoms with Crippen molar-refractivity contribution in [2.45, 2.75) is 0 Å². The minimum absolute atomic E-state index is 0. The van der Waals surface area contributed by atoms with Gasteiger partial charge >= 0.3 is 0 Å². The van der Waals surface area contributed by atoms with E-state index in [2.05, 4.69) is 4.37 Å². The van der Waals surface area contributed by atoms with E-state index in [-0.39, 0.29) is 88.7 Å². The van der Waals surface area contributed by atoms with Gasteiger partial charge in [-0.3, -0.25) is 0 Å². The van der Waals surface area contributed by atoms with Crippen molar-refractivity contribution in [3.05, 3.63) is 17.6 Å². The number of hydrogen-bond acceptors (Lipinski definition) is 2. The van der Waals surface area contributed by atoms with E-state index < -0.39 is 0 Å². The fourth-order valence-electron chi connectivity index (χ4n) is 0.176. The standard InChI is InChI=1S/C3H3NS.3Na/c1-2-4-5-3-1;;;/h1-3H;;;. The monoisotopic (exact) mass is 154 g/mol. The van der Waals surface area contributed by atoms with Gasteiger partial charge in [0, 0.05) is 100 Å². The predicted molar refractivity (Wildman–Crippen MR) is 39.4 cm³/mol. The van der Waals surface area contributed by atoms with Crippen LogP contribution in [-0.2, 0) is 0 Å². The number of aromatic nitrogens is 1. The largest absolute Gasteiger partial charge is 0.201 e. The van der Waals surface area contributed by atoms with E-state index >= 15 is 0 Å². The van der Waals surface area contributed by atoms with Gasteiger partial charge in [0.1, 0.15) is 0 Å². The second-order valence-electron chi connectivity index (χ2n) is 0.688. The third kappa shape index (κ3) is 8.63. The van der Waals surface area contributed by atoms with Crippen molar-refractivity contribution < 1.29 is 0 Å². The van der Waals surface area contributed by atoms with Gasteiger partial charge in [-0.05, 0) is 17.6 Å². The molecule has 0 aliphatic carbocycles. The quantitative estimate of drug-likeness (QED) is 0.479. The molecule has 0 aliphatic heterocycles. The van der Waals surface area contributed by atoms with Gasteiger partial charge in [-0.25, -0.2) is 4.37 Å². The zero-order chi connectivity index (χ0) is 3.54. The maximum absolute atomic E-state index is 3.76. The molecule has 0 unspecified atom stereocenters. The number of hydrogen-bond donors (Lipinski definition) is 0. The van der Waals surface area contributed by atoms with E-state index in [0.29, 0.717) is 0 Å². The molecule has 3 radical (unpaired) electrons. The second-order valence-corrected chi connectivity index (χ2v) is 1.38. The Balaban J connectivity index is -0.0000000833. The summed E-state index contributed by atoms with van der Waals surface area (Å²) in [6, 6.07) is 1.91. The Morgan fingerprint density at radius 1 is 1.12 bits per heavy atom. The fourth-order valence-corrected chi connectivity index (χ4v) is 0.527. The van der Waals surface area contributed by atoms with Crippen molar-refractivity contribution in [1.29, 1.82) is 0 Å². The minimum atomic E-state index is 0. The summed E-state index contributed by atoms with van der Waals surface area (Å²) in [6.07, 6.45) is 1.77. The van der Waals surface area contributed by atoms with E-state index in [1.165, 1.54) is 11.5 Å². The van der Waals surface area contributed by atoms with Crippen LogP contribution in [0.4, 0.5) is 0 Å². The van der Waals surface area contributed by atoms with Crippen LogP contribution in [0.5, 0.6) is 0 Å². The molecule has 0 amide bonds. The Bertz CT molecular complexity index is 71.0. The normalized spacial score (nSPS) is 5.00. The molecule has 8 heavy (non-hydrogen) atoms. The summed E-state index contributed by atoms with van der Waals surface area (Å²) in [5, 5.41) is 1.93. The summed E-state index contributed by atoms with van der Waals surface area (Å²) in [7, 11) is 0. The van der Waals surface area contributed by atoms with Gasteiger partial charge in [0.2, 0.25) is 0 Å². The summed E-state index contributed by atoms with van der Waals surface area (Å²) in [6.45, 7) is 0. The molecule has 1 heterocycles. The van der Waals surface area contributed by atoms with Crippen LogP contribution in [0.15, 0.2) is 17.6 Å². The van der Waals surface area contributed by atoms with Crippen molar-refractivity contribution in [3.63, 3.8) is 0 Å². The van der Waals surface area contributed by atoms with Crippen LogP contribution < -0.4 is 0 Å².